The van der Waals surface area contributed by atoms with Crippen LogP contribution in [0.4, 0.5) is 8.78 Å². The van der Waals surface area contributed by atoms with Gasteiger partial charge in [0.05, 0.1) is 5.56 Å². The van der Waals surface area contributed by atoms with E-state index < -0.39 is 17.7 Å². The van der Waals surface area contributed by atoms with Crippen LogP contribution in [0.5, 0.6) is 5.75 Å². The molecule has 0 aromatic heterocycles. The Bertz CT molecular complexity index is 448. The third-order valence-corrected chi connectivity index (χ3v) is 2.63. The molecule has 5 heteroatoms. The maximum atomic E-state index is 13.3. The van der Waals surface area contributed by atoms with Gasteiger partial charge in [-0.3, -0.25) is 4.79 Å². The molecule has 92 valence electrons. The number of fused-ring (bicyclic) bond motifs is 1. The van der Waals surface area contributed by atoms with Gasteiger partial charge in [-0.25, -0.2) is 8.78 Å². The minimum Gasteiger partial charge on any atom is -0.488 e. The van der Waals surface area contributed by atoms with Gasteiger partial charge in [-0.15, -0.1) is 0 Å². The Kier molecular flexibility index (Phi) is 3.38. The Balaban J connectivity index is 2.29. The quantitative estimate of drug-likeness (QED) is 0.878. The lowest BCUT2D eigenvalue weighted by atomic mass is 10.0. The fourth-order valence-corrected chi connectivity index (χ4v) is 1.79. The molecule has 1 heterocycles. The summed E-state index contributed by atoms with van der Waals surface area (Å²) in [6.07, 6.45) is 0.869. The molecule has 1 aromatic carbocycles. The van der Waals surface area contributed by atoms with Gasteiger partial charge in [-0.1, -0.05) is 6.92 Å². The Morgan fingerprint density at radius 1 is 1.47 bits per heavy atom. The van der Waals surface area contributed by atoms with Gasteiger partial charge in [-0.05, 0) is 19.0 Å². The van der Waals surface area contributed by atoms with Crippen molar-refractivity contribution in [2.45, 2.75) is 19.4 Å². The molecule has 0 aliphatic carbocycles. The number of rotatable bonds is 3. The fourth-order valence-electron chi connectivity index (χ4n) is 1.79. The molecule has 0 saturated carbocycles. The zero-order valence-corrected chi connectivity index (χ0v) is 9.43. The van der Waals surface area contributed by atoms with Crippen molar-refractivity contribution in [3.05, 3.63) is 29.3 Å². The van der Waals surface area contributed by atoms with Crippen LogP contribution in [0.15, 0.2) is 12.1 Å². The molecular formula is C12H13F2NO2. The predicted molar refractivity (Wildman–Crippen MR) is 58.3 cm³/mol. The van der Waals surface area contributed by atoms with Crippen molar-refractivity contribution in [1.29, 1.82) is 0 Å². The van der Waals surface area contributed by atoms with E-state index >= 15 is 0 Å². The van der Waals surface area contributed by atoms with Crippen LogP contribution in [0.2, 0.25) is 0 Å². The number of benzene rings is 1. The molecule has 1 N–H and O–H groups in total. The zero-order chi connectivity index (χ0) is 12.4. The van der Waals surface area contributed by atoms with Crippen molar-refractivity contribution < 1.29 is 18.3 Å². The van der Waals surface area contributed by atoms with Crippen molar-refractivity contribution in [3.8, 4) is 5.75 Å². The van der Waals surface area contributed by atoms with Gasteiger partial charge in [0.15, 0.2) is 17.3 Å². The van der Waals surface area contributed by atoms with Crippen LogP contribution in [-0.2, 0) is 0 Å². The van der Waals surface area contributed by atoms with Crippen LogP contribution >= 0.6 is 0 Å². The molecule has 0 radical (unpaired) electrons. The van der Waals surface area contributed by atoms with Crippen LogP contribution in [-0.4, -0.2) is 25.0 Å². The monoisotopic (exact) mass is 241 g/mol. The van der Waals surface area contributed by atoms with Crippen molar-refractivity contribution in [2.24, 2.45) is 0 Å². The molecule has 0 amide bonds. The summed E-state index contributed by atoms with van der Waals surface area (Å²) in [5.74, 6) is -2.07. The van der Waals surface area contributed by atoms with E-state index in [0.29, 0.717) is 12.6 Å². The van der Waals surface area contributed by atoms with Gasteiger partial charge in [0.1, 0.15) is 18.5 Å². The smallest absolute Gasteiger partial charge is 0.187 e. The van der Waals surface area contributed by atoms with E-state index in [1.54, 1.807) is 0 Å². The first kappa shape index (κ1) is 12.0. The van der Waals surface area contributed by atoms with Crippen molar-refractivity contribution >= 4 is 5.78 Å². The molecule has 0 spiro atoms. The van der Waals surface area contributed by atoms with Crippen LogP contribution in [0.3, 0.4) is 0 Å². The predicted octanol–water partition coefficient (Wildman–Crippen LogP) is 1.91. The maximum absolute atomic E-state index is 13.3. The summed E-state index contributed by atoms with van der Waals surface area (Å²) < 4.78 is 31.6. The number of halogens is 2. The highest BCUT2D eigenvalue weighted by atomic mass is 19.1. The number of carbonyl (C=O) groups excluding carboxylic acids is 1. The largest absolute Gasteiger partial charge is 0.488 e. The van der Waals surface area contributed by atoms with Gasteiger partial charge >= 0.3 is 0 Å². The summed E-state index contributed by atoms with van der Waals surface area (Å²) in [4.78, 5) is 12.0. The molecule has 1 atom stereocenters. The molecule has 17 heavy (non-hydrogen) atoms. The van der Waals surface area contributed by atoms with Gasteiger partial charge in [0, 0.05) is 6.07 Å². The first-order valence-electron chi connectivity index (χ1n) is 5.53. The first-order chi connectivity index (χ1) is 8.13. The van der Waals surface area contributed by atoms with Gasteiger partial charge in [-0.2, -0.15) is 0 Å². The normalized spacial score (nSPS) is 18.8. The fraction of sp³-hybridized carbons (Fsp3) is 0.417. The third-order valence-electron chi connectivity index (χ3n) is 2.63. The molecular weight excluding hydrogens is 228 g/mol. The summed E-state index contributed by atoms with van der Waals surface area (Å²) in [7, 11) is 0. The lowest BCUT2D eigenvalue weighted by molar-refractivity contribution is 0.0864. The SMILES string of the molecule is CCCNC1COc2c(F)cc(F)cc2C1=O. The number of hydrogen-bond donors (Lipinski definition) is 1. The molecule has 0 bridgehead atoms. The third kappa shape index (κ3) is 2.29. The lowest BCUT2D eigenvalue weighted by Crippen LogP contribution is -2.45. The maximum Gasteiger partial charge on any atom is 0.187 e. The number of hydrogen-bond acceptors (Lipinski definition) is 3. The molecule has 0 fully saturated rings. The summed E-state index contributed by atoms with van der Waals surface area (Å²) in [5.41, 5.74) is -0.0256. The second-order valence-electron chi connectivity index (χ2n) is 3.95. The van der Waals surface area contributed by atoms with E-state index in [4.69, 9.17) is 4.74 Å². The standard InChI is InChI=1S/C12H13F2NO2/c1-2-3-15-10-6-17-12-8(11(10)16)4-7(13)5-9(12)14/h4-5,10,15H,2-3,6H2,1H3. The number of ether oxygens (including phenoxy) is 1. The summed E-state index contributed by atoms with van der Waals surface area (Å²) >= 11 is 0. The minimum atomic E-state index is -0.831. The molecule has 1 unspecified atom stereocenters. The average molecular weight is 241 g/mol. The van der Waals surface area contributed by atoms with Crippen LogP contribution in [0.1, 0.15) is 23.7 Å². The number of nitrogens with one attached hydrogen (secondary N) is 1. The lowest BCUT2D eigenvalue weighted by Gasteiger charge is -2.25. The number of ketones is 1. The molecule has 0 saturated heterocycles. The summed E-state index contributed by atoms with van der Waals surface area (Å²) in [6, 6.07) is 1.20. The van der Waals surface area contributed by atoms with Crippen LogP contribution in [0, 0.1) is 11.6 Å². The Hall–Kier alpha value is -1.49. The first-order valence-corrected chi connectivity index (χ1v) is 5.53. The number of carbonyl (C=O) groups is 1. The summed E-state index contributed by atoms with van der Waals surface area (Å²) in [5, 5.41) is 2.98. The molecule has 1 aliphatic heterocycles. The molecule has 3 nitrogen and oxygen atoms in total. The van der Waals surface area contributed by atoms with E-state index in [2.05, 4.69) is 5.32 Å². The Labute approximate surface area is 97.8 Å². The average Bonchev–Trinajstić information content (AvgIpc) is 2.29. The highest BCUT2D eigenvalue weighted by Crippen LogP contribution is 2.28. The Morgan fingerprint density at radius 3 is 2.94 bits per heavy atom. The topological polar surface area (TPSA) is 38.3 Å². The van der Waals surface area contributed by atoms with Crippen molar-refractivity contribution in [1.82, 2.24) is 5.32 Å². The van der Waals surface area contributed by atoms with E-state index in [0.717, 1.165) is 12.5 Å². The zero-order valence-electron chi connectivity index (χ0n) is 9.43. The van der Waals surface area contributed by atoms with Crippen LogP contribution < -0.4 is 10.1 Å². The van der Waals surface area contributed by atoms with Gasteiger partial charge < -0.3 is 10.1 Å². The van der Waals surface area contributed by atoms with E-state index in [-0.39, 0.29) is 23.7 Å². The van der Waals surface area contributed by atoms with Gasteiger partial charge in [0.2, 0.25) is 0 Å². The highest BCUT2D eigenvalue weighted by molar-refractivity contribution is 6.03. The van der Waals surface area contributed by atoms with Crippen LogP contribution in [0.25, 0.3) is 0 Å². The minimum absolute atomic E-state index is 0.0256. The molecule has 1 aliphatic rings. The van der Waals surface area contributed by atoms with E-state index in [9.17, 15) is 13.6 Å². The second-order valence-corrected chi connectivity index (χ2v) is 3.95. The van der Waals surface area contributed by atoms with Crippen molar-refractivity contribution in [2.75, 3.05) is 13.2 Å². The van der Waals surface area contributed by atoms with E-state index in [1.165, 1.54) is 0 Å². The molecule has 2 rings (SSSR count). The van der Waals surface area contributed by atoms with E-state index in [1.807, 2.05) is 6.92 Å². The Morgan fingerprint density at radius 2 is 2.24 bits per heavy atom. The van der Waals surface area contributed by atoms with Crippen molar-refractivity contribution in [3.63, 3.8) is 0 Å². The summed E-state index contributed by atoms with van der Waals surface area (Å²) in [6.45, 7) is 2.70. The number of Topliss-reactive ketones (excluding diaryl/α,β-unsaturated/α-hetero) is 1. The highest BCUT2D eigenvalue weighted by Gasteiger charge is 2.30. The molecule has 1 aromatic rings. The van der Waals surface area contributed by atoms with Gasteiger partial charge in [0.25, 0.3) is 0 Å². The second kappa shape index (κ2) is 4.79.